The molecule has 0 amide bonds. The van der Waals surface area contributed by atoms with Crippen LogP contribution in [0.5, 0.6) is 0 Å². The van der Waals surface area contributed by atoms with E-state index in [1.807, 2.05) is 6.07 Å². The van der Waals surface area contributed by atoms with Crippen molar-refractivity contribution in [2.75, 3.05) is 13.7 Å². The molecule has 0 bridgehead atoms. The van der Waals surface area contributed by atoms with E-state index in [9.17, 15) is 0 Å². The van der Waals surface area contributed by atoms with Crippen LogP contribution in [0.4, 0.5) is 0 Å². The second-order valence-corrected chi connectivity index (χ2v) is 4.54. The van der Waals surface area contributed by atoms with Crippen molar-refractivity contribution in [2.24, 2.45) is 0 Å². The summed E-state index contributed by atoms with van der Waals surface area (Å²) in [5, 5.41) is 3.51. The molecule has 0 aromatic heterocycles. The number of rotatable bonds is 8. The molecule has 0 aliphatic carbocycles. The molecule has 2 atom stereocenters. The molecular formula is C16H25NO. The molecule has 1 N–H and O–H groups in total. The first-order valence-electron chi connectivity index (χ1n) is 6.70. The summed E-state index contributed by atoms with van der Waals surface area (Å²) in [6, 6.07) is 10.7. The van der Waals surface area contributed by atoms with Gasteiger partial charge >= 0.3 is 0 Å². The number of nitrogens with one attached hydrogen (secondary N) is 1. The third-order valence-electron chi connectivity index (χ3n) is 3.22. The first kappa shape index (κ1) is 14.9. The number of ether oxygens (including phenoxy) is 1. The highest BCUT2D eigenvalue weighted by Crippen LogP contribution is 2.25. The summed E-state index contributed by atoms with van der Waals surface area (Å²) in [7, 11) is 1.77. The minimum atomic E-state index is 0.0782. The molecule has 1 aromatic rings. The molecule has 18 heavy (non-hydrogen) atoms. The molecule has 2 unspecified atom stereocenters. The minimum absolute atomic E-state index is 0.0782. The number of hydrogen-bond acceptors (Lipinski definition) is 2. The van der Waals surface area contributed by atoms with E-state index in [-0.39, 0.29) is 12.1 Å². The zero-order valence-electron chi connectivity index (χ0n) is 11.8. The molecule has 0 heterocycles. The molecule has 2 nitrogen and oxygen atoms in total. The van der Waals surface area contributed by atoms with Crippen LogP contribution >= 0.6 is 0 Å². The van der Waals surface area contributed by atoms with Crippen molar-refractivity contribution in [1.29, 1.82) is 0 Å². The molecule has 2 heteroatoms. The maximum Gasteiger partial charge on any atom is 0.0977 e. The lowest BCUT2D eigenvalue weighted by molar-refractivity contribution is 0.0682. The molecule has 1 rings (SSSR count). The standard InChI is InChI=1S/C16H25NO/c1-5-13(3)12-15(17-6-2)16(18-4)14-10-8-7-9-11-14/h7-11,15-17H,3,5-6,12H2,1-2,4H3. The predicted molar refractivity (Wildman–Crippen MR) is 77.7 cm³/mol. The van der Waals surface area contributed by atoms with Crippen molar-refractivity contribution in [3.8, 4) is 0 Å². The lowest BCUT2D eigenvalue weighted by atomic mass is 9.95. The van der Waals surface area contributed by atoms with E-state index in [4.69, 9.17) is 4.74 Å². The summed E-state index contributed by atoms with van der Waals surface area (Å²) in [4.78, 5) is 0. The Morgan fingerprint density at radius 1 is 1.28 bits per heavy atom. The van der Waals surface area contributed by atoms with E-state index >= 15 is 0 Å². The molecule has 0 saturated carbocycles. The van der Waals surface area contributed by atoms with Gasteiger partial charge in [0.2, 0.25) is 0 Å². The lowest BCUT2D eigenvalue weighted by Crippen LogP contribution is -2.36. The number of hydrogen-bond donors (Lipinski definition) is 1. The zero-order valence-corrected chi connectivity index (χ0v) is 11.8. The largest absolute Gasteiger partial charge is 0.375 e. The van der Waals surface area contributed by atoms with Crippen molar-refractivity contribution < 1.29 is 4.74 Å². The van der Waals surface area contributed by atoms with Gasteiger partial charge < -0.3 is 10.1 Å². The first-order valence-corrected chi connectivity index (χ1v) is 6.70. The highest BCUT2D eigenvalue weighted by molar-refractivity contribution is 5.20. The van der Waals surface area contributed by atoms with Crippen molar-refractivity contribution in [3.05, 3.63) is 48.0 Å². The Morgan fingerprint density at radius 2 is 1.94 bits per heavy atom. The van der Waals surface area contributed by atoms with Crippen LogP contribution in [0.1, 0.15) is 38.4 Å². The van der Waals surface area contributed by atoms with Gasteiger partial charge in [-0.05, 0) is 24.9 Å². The van der Waals surface area contributed by atoms with E-state index in [1.165, 1.54) is 11.1 Å². The van der Waals surface area contributed by atoms with Gasteiger partial charge in [0, 0.05) is 13.2 Å². The van der Waals surface area contributed by atoms with E-state index in [1.54, 1.807) is 7.11 Å². The van der Waals surface area contributed by atoms with Crippen molar-refractivity contribution in [2.45, 2.75) is 38.8 Å². The van der Waals surface area contributed by atoms with Crippen LogP contribution < -0.4 is 5.32 Å². The minimum Gasteiger partial charge on any atom is -0.375 e. The van der Waals surface area contributed by atoms with Crippen molar-refractivity contribution >= 4 is 0 Å². The molecule has 0 fully saturated rings. The fraction of sp³-hybridized carbons (Fsp3) is 0.500. The van der Waals surface area contributed by atoms with E-state index < -0.39 is 0 Å². The average molecular weight is 247 g/mol. The van der Waals surface area contributed by atoms with Crippen LogP contribution in [0.25, 0.3) is 0 Å². The Balaban J connectivity index is 2.83. The number of likely N-dealkylation sites (N-methyl/N-ethyl adjacent to an activating group) is 1. The molecule has 0 spiro atoms. The van der Waals surface area contributed by atoms with Gasteiger partial charge in [0.1, 0.15) is 0 Å². The summed E-state index contributed by atoms with van der Waals surface area (Å²) in [5.41, 5.74) is 2.48. The summed E-state index contributed by atoms with van der Waals surface area (Å²) in [6.07, 6.45) is 2.06. The quantitative estimate of drug-likeness (QED) is 0.707. The molecule has 100 valence electrons. The van der Waals surface area contributed by atoms with Gasteiger partial charge in [-0.3, -0.25) is 0 Å². The third kappa shape index (κ3) is 4.28. The van der Waals surface area contributed by atoms with Crippen LogP contribution in [-0.2, 0) is 4.74 Å². The molecule has 0 saturated heterocycles. The zero-order chi connectivity index (χ0) is 13.4. The molecular weight excluding hydrogens is 222 g/mol. The highest BCUT2D eigenvalue weighted by Gasteiger charge is 2.22. The molecule has 0 aliphatic heterocycles. The smallest absolute Gasteiger partial charge is 0.0977 e. The monoisotopic (exact) mass is 247 g/mol. The fourth-order valence-corrected chi connectivity index (χ4v) is 2.18. The Kier molecular flexibility index (Phi) is 6.69. The average Bonchev–Trinajstić information content (AvgIpc) is 2.41. The second-order valence-electron chi connectivity index (χ2n) is 4.54. The van der Waals surface area contributed by atoms with Gasteiger partial charge in [-0.2, -0.15) is 0 Å². The maximum atomic E-state index is 5.69. The van der Waals surface area contributed by atoms with Gasteiger partial charge in [0.05, 0.1) is 6.10 Å². The van der Waals surface area contributed by atoms with Crippen molar-refractivity contribution in [3.63, 3.8) is 0 Å². The second kappa shape index (κ2) is 8.06. The van der Waals surface area contributed by atoms with Crippen molar-refractivity contribution in [1.82, 2.24) is 5.32 Å². The number of methoxy groups -OCH3 is 1. The van der Waals surface area contributed by atoms with Crippen LogP contribution in [0.2, 0.25) is 0 Å². The summed E-state index contributed by atoms with van der Waals surface area (Å²) in [5.74, 6) is 0. The van der Waals surface area contributed by atoms with Crippen LogP contribution in [-0.4, -0.2) is 19.7 Å². The maximum absolute atomic E-state index is 5.69. The van der Waals surface area contributed by atoms with Crippen LogP contribution in [0.3, 0.4) is 0 Å². The summed E-state index contributed by atoms with van der Waals surface area (Å²) in [6.45, 7) is 9.32. The van der Waals surface area contributed by atoms with Crippen LogP contribution in [0, 0.1) is 0 Å². The van der Waals surface area contributed by atoms with E-state index in [2.05, 4.69) is 50.0 Å². The highest BCUT2D eigenvalue weighted by atomic mass is 16.5. The molecule has 0 radical (unpaired) electrons. The normalized spacial score (nSPS) is 14.2. The SMILES string of the molecule is C=C(CC)CC(NCC)C(OC)c1ccccc1. The first-order chi connectivity index (χ1) is 8.72. The Labute approximate surface area is 111 Å². The fourth-order valence-electron chi connectivity index (χ4n) is 2.18. The van der Waals surface area contributed by atoms with E-state index in [0.29, 0.717) is 0 Å². The van der Waals surface area contributed by atoms with Gasteiger partial charge in [-0.1, -0.05) is 56.3 Å². The summed E-state index contributed by atoms with van der Waals surface area (Å²) < 4.78 is 5.69. The Hall–Kier alpha value is -1.12. The lowest BCUT2D eigenvalue weighted by Gasteiger charge is -2.27. The van der Waals surface area contributed by atoms with Gasteiger partial charge in [0.25, 0.3) is 0 Å². The van der Waals surface area contributed by atoms with Gasteiger partial charge in [-0.15, -0.1) is 0 Å². The van der Waals surface area contributed by atoms with Crippen LogP contribution in [0.15, 0.2) is 42.5 Å². The molecule has 0 aliphatic rings. The Bertz CT molecular complexity index is 347. The third-order valence-corrected chi connectivity index (χ3v) is 3.22. The molecule has 1 aromatic carbocycles. The Morgan fingerprint density at radius 3 is 2.44 bits per heavy atom. The predicted octanol–water partition coefficient (Wildman–Crippen LogP) is 3.71. The summed E-state index contributed by atoms with van der Waals surface area (Å²) >= 11 is 0. The van der Waals surface area contributed by atoms with Gasteiger partial charge in [0.15, 0.2) is 0 Å². The topological polar surface area (TPSA) is 21.3 Å². The van der Waals surface area contributed by atoms with Gasteiger partial charge in [-0.25, -0.2) is 0 Å². The van der Waals surface area contributed by atoms with E-state index in [0.717, 1.165) is 19.4 Å². The number of benzene rings is 1.